The van der Waals surface area contributed by atoms with Crippen LogP contribution in [0.5, 0.6) is 0 Å². The smallest absolute Gasteiger partial charge is 0.240 e. The Morgan fingerprint density at radius 3 is 3.23 bits per heavy atom. The number of likely N-dealkylation sites (tertiary alicyclic amines) is 1. The van der Waals surface area contributed by atoms with Gasteiger partial charge in [0.05, 0.1) is 13.2 Å². The Hall–Kier alpha value is -1.80. The van der Waals surface area contributed by atoms with Gasteiger partial charge in [0.1, 0.15) is 12.7 Å². The Morgan fingerprint density at radius 2 is 2.41 bits per heavy atom. The van der Waals surface area contributed by atoms with E-state index in [1.807, 2.05) is 4.68 Å². The van der Waals surface area contributed by atoms with Gasteiger partial charge < -0.3 is 9.26 Å². The molecule has 0 bridgehead atoms. The molecule has 1 atom stereocenters. The molecule has 0 saturated carbocycles. The molecule has 8 nitrogen and oxygen atoms in total. The molecule has 0 unspecified atom stereocenters. The van der Waals surface area contributed by atoms with Crippen LogP contribution >= 0.6 is 0 Å². The lowest BCUT2D eigenvalue weighted by Gasteiger charge is -2.31. The fraction of sp³-hybridized carbons (Fsp3) is 0.714. The van der Waals surface area contributed by atoms with Gasteiger partial charge in [-0.3, -0.25) is 9.58 Å². The van der Waals surface area contributed by atoms with E-state index in [4.69, 9.17) is 9.26 Å². The van der Waals surface area contributed by atoms with E-state index in [0.29, 0.717) is 37.2 Å². The summed E-state index contributed by atoms with van der Waals surface area (Å²) in [4.78, 5) is 10.8. The highest BCUT2D eigenvalue weighted by atomic mass is 16.5. The third kappa shape index (κ3) is 4.11. The van der Waals surface area contributed by atoms with Crippen LogP contribution < -0.4 is 0 Å². The minimum Gasteiger partial charge on any atom is -0.384 e. The van der Waals surface area contributed by atoms with Crippen LogP contribution in [0.3, 0.4) is 0 Å². The quantitative estimate of drug-likeness (QED) is 0.747. The third-order valence-electron chi connectivity index (χ3n) is 3.91. The van der Waals surface area contributed by atoms with E-state index in [2.05, 4.69) is 25.1 Å². The van der Waals surface area contributed by atoms with Gasteiger partial charge in [-0.2, -0.15) is 10.1 Å². The topological polar surface area (TPSA) is 82.1 Å². The zero-order chi connectivity index (χ0) is 15.2. The standard InChI is InChI=1S/C14H22N6O2/c1-21-6-4-13-17-14(22-18-13)9-19-5-2-3-12(7-19)8-20-11-15-10-16-20/h10-12H,2-9H2,1H3/t12-/m0/s1. The minimum atomic E-state index is 0.589. The predicted octanol–water partition coefficient (Wildman–Crippen LogP) is 0.762. The third-order valence-corrected chi connectivity index (χ3v) is 3.91. The number of methoxy groups -OCH3 is 1. The first-order chi connectivity index (χ1) is 10.8. The minimum absolute atomic E-state index is 0.589. The Morgan fingerprint density at radius 1 is 1.45 bits per heavy atom. The Bertz CT molecular complexity index is 555. The van der Waals surface area contributed by atoms with Crippen molar-refractivity contribution in [1.29, 1.82) is 0 Å². The monoisotopic (exact) mass is 306 g/mol. The molecule has 2 aromatic rings. The van der Waals surface area contributed by atoms with Crippen LogP contribution in [0.1, 0.15) is 24.6 Å². The molecule has 2 aromatic heterocycles. The van der Waals surface area contributed by atoms with Gasteiger partial charge in [0.25, 0.3) is 0 Å². The summed E-state index contributed by atoms with van der Waals surface area (Å²) in [6.07, 6.45) is 6.46. The number of aromatic nitrogens is 5. The second-order valence-corrected chi connectivity index (χ2v) is 5.71. The van der Waals surface area contributed by atoms with Crippen LogP contribution in [-0.4, -0.2) is 56.6 Å². The maximum absolute atomic E-state index is 5.32. The molecule has 1 aliphatic rings. The lowest BCUT2D eigenvalue weighted by molar-refractivity contribution is 0.138. The first-order valence-corrected chi connectivity index (χ1v) is 7.68. The van der Waals surface area contributed by atoms with Crippen LogP contribution in [0, 0.1) is 5.92 Å². The predicted molar refractivity (Wildman–Crippen MR) is 77.9 cm³/mol. The van der Waals surface area contributed by atoms with E-state index in [0.717, 1.165) is 19.6 Å². The van der Waals surface area contributed by atoms with Crippen molar-refractivity contribution in [1.82, 2.24) is 29.8 Å². The molecule has 0 aromatic carbocycles. The molecule has 120 valence electrons. The summed E-state index contributed by atoms with van der Waals surface area (Å²) in [5.74, 6) is 1.99. The van der Waals surface area contributed by atoms with Crippen molar-refractivity contribution in [2.75, 3.05) is 26.8 Å². The van der Waals surface area contributed by atoms with Crippen molar-refractivity contribution >= 4 is 0 Å². The second kappa shape index (κ2) is 7.46. The normalized spacial score (nSPS) is 19.6. The molecule has 0 aliphatic carbocycles. The number of hydrogen-bond acceptors (Lipinski definition) is 7. The molecular formula is C14H22N6O2. The van der Waals surface area contributed by atoms with E-state index < -0.39 is 0 Å². The summed E-state index contributed by atoms with van der Waals surface area (Å²) in [5.41, 5.74) is 0. The summed E-state index contributed by atoms with van der Waals surface area (Å²) in [5, 5.41) is 8.17. The summed E-state index contributed by atoms with van der Waals surface area (Å²) >= 11 is 0. The lowest BCUT2D eigenvalue weighted by atomic mass is 9.98. The summed E-state index contributed by atoms with van der Waals surface area (Å²) in [6.45, 7) is 4.34. The molecule has 0 N–H and O–H groups in total. The van der Waals surface area contributed by atoms with Crippen molar-refractivity contribution in [3.63, 3.8) is 0 Å². The first kappa shape index (κ1) is 15.1. The maximum Gasteiger partial charge on any atom is 0.240 e. The molecule has 3 heterocycles. The molecule has 1 aliphatic heterocycles. The number of rotatable bonds is 7. The van der Waals surface area contributed by atoms with Crippen molar-refractivity contribution in [3.8, 4) is 0 Å². The average molecular weight is 306 g/mol. The van der Waals surface area contributed by atoms with Gasteiger partial charge in [-0.25, -0.2) is 4.98 Å². The highest BCUT2D eigenvalue weighted by Crippen LogP contribution is 2.19. The van der Waals surface area contributed by atoms with E-state index in [-0.39, 0.29) is 0 Å². The SMILES string of the molecule is COCCc1noc(CN2CCC[C@H](Cn3cncn3)C2)n1. The highest BCUT2D eigenvalue weighted by Gasteiger charge is 2.22. The largest absolute Gasteiger partial charge is 0.384 e. The van der Waals surface area contributed by atoms with Gasteiger partial charge in [-0.05, 0) is 25.3 Å². The Balaban J connectivity index is 1.50. The van der Waals surface area contributed by atoms with Crippen molar-refractivity contribution in [3.05, 3.63) is 24.4 Å². The highest BCUT2D eigenvalue weighted by molar-refractivity contribution is 4.87. The molecular weight excluding hydrogens is 284 g/mol. The van der Waals surface area contributed by atoms with Crippen LogP contribution in [0.15, 0.2) is 17.2 Å². The maximum atomic E-state index is 5.32. The van der Waals surface area contributed by atoms with Gasteiger partial charge >= 0.3 is 0 Å². The molecule has 8 heteroatoms. The van der Waals surface area contributed by atoms with Crippen molar-refractivity contribution in [2.24, 2.45) is 5.92 Å². The van der Waals surface area contributed by atoms with E-state index in [1.165, 1.54) is 12.8 Å². The lowest BCUT2D eigenvalue weighted by Crippen LogP contribution is -2.36. The van der Waals surface area contributed by atoms with E-state index in [9.17, 15) is 0 Å². The summed E-state index contributed by atoms with van der Waals surface area (Å²) in [7, 11) is 1.67. The zero-order valence-corrected chi connectivity index (χ0v) is 12.9. The van der Waals surface area contributed by atoms with Crippen LogP contribution in [0.25, 0.3) is 0 Å². The number of nitrogens with zero attached hydrogens (tertiary/aromatic N) is 6. The number of ether oxygens (including phenoxy) is 1. The van der Waals surface area contributed by atoms with Gasteiger partial charge in [-0.15, -0.1) is 0 Å². The summed E-state index contributed by atoms with van der Waals surface area (Å²) in [6, 6.07) is 0. The number of piperidine rings is 1. The molecule has 0 amide bonds. The fourth-order valence-corrected chi connectivity index (χ4v) is 2.88. The van der Waals surface area contributed by atoms with E-state index in [1.54, 1.807) is 19.8 Å². The van der Waals surface area contributed by atoms with Crippen LogP contribution in [0.4, 0.5) is 0 Å². The Kier molecular flexibility index (Phi) is 5.12. The van der Waals surface area contributed by atoms with Crippen LogP contribution in [0.2, 0.25) is 0 Å². The first-order valence-electron chi connectivity index (χ1n) is 7.68. The summed E-state index contributed by atoms with van der Waals surface area (Å²) < 4.78 is 12.2. The zero-order valence-electron chi connectivity index (χ0n) is 12.9. The molecule has 1 saturated heterocycles. The molecule has 22 heavy (non-hydrogen) atoms. The molecule has 3 rings (SSSR count). The average Bonchev–Trinajstić information content (AvgIpc) is 3.17. The number of hydrogen-bond donors (Lipinski definition) is 0. The van der Waals surface area contributed by atoms with Crippen molar-refractivity contribution < 1.29 is 9.26 Å². The Labute approximate surface area is 129 Å². The van der Waals surface area contributed by atoms with Gasteiger partial charge in [0.2, 0.25) is 5.89 Å². The van der Waals surface area contributed by atoms with Crippen LogP contribution in [-0.2, 0) is 24.2 Å². The van der Waals surface area contributed by atoms with Gasteiger partial charge in [0.15, 0.2) is 5.82 Å². The molecule has 1 fully saturated rings. The second-order valence-electron chi connectivity index (χ2n) is 5.71. The molecule has 0 radical (unpaired) electrons. The van der Waals surface area contributed by atoms with E-state index >= 15 is 0 Å². The van der Waals surface area contributed by atoms with Crippen molar-refractivity contribution in [2.45, 2.75) is 32.4 Å². The van der Waals surface area contributed by atoms with Gasteiger partial charge in [0, 0.05) is 26.6 Å². The fourth-order valence-electron chi connectivity index (χ4n) is 2.88. The van der Waals surface area contributed by atoms with Gasteiger partial charge in [-0.1, -0.05) is 5.16 Å². The molecule has 0 spiro atoms.